The zero-order valence-electron chi connectivity index (χ0n) is 23.3. The van der Waals surface area contributed by atoms with Gasteiger partial charge in [-0.15, -0.1) is 0 Å². The molecule has 2 aliphatic heterocycles. The number of fused-ring (bicyclic) bond motifs is 1. The molecule has 0 saturated carbocycles. The first-order chi connectivity index (χ1) is 18.9. The first-order valence-electron chi connectivity index (χ1n) is 13.5. The molecule has 1 N–H and O–H groups in total. The maximum absolute atomic E-state index is 14.3. The normalized spacial score (nSPS) is 18.4. The molecule has 2 heterocycles. The number of hydrogen-bond donors (Lipinski definition) is 1. The van der Waals surface area contributed by atoms with Crippen molar-refractivity contribution in [3.8, 4) is 0 Å². The molecule has 1 saturated heterocycles. The number of nitrogens with one attached hydrogen (secondary N) is 1. The summed E-state index contributed by atoms with van der Waals surface area (Å²) in [4.78, 5) is 14.1. The highest BCUT2D eigenvalue weighted by Gasteiger charge is 2.41. The third-order valence-electron chi connectivity index (χ3n) is 8.20. The maximum Gasteiger partial charge on any atom is 0.244 e. The zero-order chi connectivity index (χ0) is 28.8. The molecule has 0 unspecified atom stereocenters. The van der Waals surface area contributed by atoms with Crippen LogP contribution in [0.15, 0.2) is 64.4 Å². The second-order valence-electron chi connectivity index (χ2n) is 10.8. The largest absolute Gasteiger partial charge is 0.325 e. The van der Waals surface area contributed by atoms with E-state index in [0.717, 1.165) is 35.1 Å². The molecule has 0 radical (unpaired) electrons. The number of carbonyl (C=O) groups is 1. The summed E-state index contributed by atoms with van der Waals surface area (Å²) in [5.74, 6) is -0.465. The SMILES string of the molecule is Cc1cc(C)c(C)c(S(=O)(=O)N2Cc3ccccc3C[C@H]2C(=O)Nc2ccc(S(=O)(=O)N3CCCC3)cc2)c1C. The van der Waals surface area contributed by atoms with Crippen LogP contribution < -0.4 is 5.32 Å². The standard InChI is InChI=1S/C30H35N3O5S2/c1-20-17-21(2)23(4)29(22(20)3)40(37,38)33-19-25-10-6-5-9-24(25)18-28(33)30(34)31-26-11-13-27(14-12-26)39(35,36)32-15-7-8-16-32/h5-6,9-14,17,28H,7-8,15-16,18-19H2,1-4H3,(H,31,34)/t28-/m0/s1. The van der Waals surface area contributed by atoms with E-state index in [-0.39, 0.29) is 22.8 Å². The van der Waals surface area contributed by atoms with Crippen LogP contribution in [-0.2, 0) is 37.8 Å². The summed E-state index contributed by atoms with van der Waals surface area (Å²) in [6.45, 7) is 8.49. The predicted molar refractivity (Wildman–Crippen MR) is 155 cm³/mol. The molecule has 0 spiro atoms. The van der Waals surface area contributed by atoms with Crippen molar-refractivity contribution >= 4 is 31.6 Å². The summed E-state index contributed by atoms with van der Waals surface area (Å²) >= 11 is 0. The molecule has 212 valence electrons. The summed E-state index contributed by atoms with van der Waals surface area (Å²) in [5, 5.41) is 2.84. The minimum absolute atomic E-state index is 0.0788. The highest BCUT2D eigenvalue weighted by Crippen LogP contribution is 2.34. The lowest BCUT2D eigenvalue weighted by atomic mass is 9.95. The van der Waals surface area contributed by atoms with Crippen LogP contribution in [0, 0.1) is 27.7 Å². The molecule has 2 aliphatic rings. The molecule has 10 heteroatoms. The van der Waals surface area contributed by atoms with Crippen LogP contribution in [0.2, 0.25) is 0 Å². The average molecular weight is 582 g/mol. The van der Waals surface area contributed by atoms with Crippen molar-refractivity contribution in [1.82, 2.24) is 8.61 Å². The van der Waals surface area contributed by atoms with E-state index in [9.17, 15) is 21.6 Å². The molecule has 3 aromatic carbocycles. The van der Waals surface area contributed by atoms with Gasteiger partial charge in [-0.25, -0.2) is 16.8 Å². The van der Waals surface area contributed by atoms with Crippen molar-refractivity contribution in [2.75, 3.05) is 18.4 Å². The van der Waals surface area contributed by atoms with Crippen LogP contribution in [0.5, 0.6) is 0 Å². The minimum Gasteiger partial charge on any atom is -0.325 e. The lowest BCUT2D eigenvalue weighted by molar-refractivity contribution is -0.120. The van der Waals surface area contributed by atoms with Gasteiger partial charge >= 0.3 is 0 Å². The van der Waals surface area contributed by atoms with Crippen LogP contribution in [0.4, 0.5) is 5.69 Å². The molecule has 0 aliphatic carbocycles. The summed E-state index contributed by atoms with van der Waals surface area (Å²) in [5.41, 5.74) is 5.31. The fourth-order valence-electron chi connectivity index (χ4n) is 5.67. The van der Waals surface area contributed by atoms with Crippen LogP contribution in [0.25, 0.3) is 0 Å². The highest BCUT2D eigenvalue weighted by atomic mass is 32.2. The molecule has 40 heavy (non-hydrogen) atoms. The molecular weight excluding hydrogens is 546 g/mol. The summed E-state index contributed by atoms with van der Waals surface area (Å²) in [6.07, 6.45) is 1.92. The van der Waals surface area contributed by atoms with E-state index in [0.29, 0.717) is 29.9 Å². The maximum atomic E-state index is 14.3. The Morgan fingerprint density at radius 3 is 1.98 bits per heavy atom. The van der Waals surface area contributed by atoms with Crippen molar-refractivity contribution in [3.63, 3.8) is 0 Å². The Morgan fingerprint density at radius 2 is 1.38 bits per heavy atom. The Balaban J connectivity index is 1.47. The van der Waals surface area contributed by atoms with Gasteiger partial charge in [0.15, 0.2) is 0 Å². The number of aryl methyl sites for hydroxylation is 2. The van der Waals surface area contributed by atoms with E-state index in [1.165, 1.54) is 20.7 Å². The van der Waals surface area contributed by atoms with Crippen LogP contribution in [0.1, 0.15) is 46.2 Å². The Bertz CT molecular complexity index is 1650. The van der Waals surface area contributed by atoms with E-state index in [4.69, 9.17) is 0 Å². The van der Waals surface area contributed by atoms with Gasteiger partial charge in [0.2, 0.25) is 26.0 Å². The second-order valence-corrected chi connectivity index (χ2v) is 14.5. The van der Waals surface area contributed by atoms with Gasteiger partial charge in [-0.1, -0.05) is 30.3 Å². The van der Waals surface area contributed by atoms with E-state index in [1.54, 1.807) is 26.0 Å². The number of amides is 1. The van der Waals surface area contributed by atoms with Gasteiger partial charge in [0, 0.05) is 25.3 Å². The topological polar surface area (TPSA) is 104 Å². The van der Waals surface area contributed by atoms with Crippen molar-refractivity contribution in [2.24, 2.45) is 0 Å². The van der Waals surface area contributed by atoms with Crippen LogP contribution in [-0.4, -0.2) is 50.5 Å². The summed E-state index contributed by atoms with van der Waals surface area (Å²) in [6, 6.07) is 14.6. The molecule has 0 aromatic heterocycles. The fourth-order valence-corrected chi connectivity index (χ4v) is 9.34. The monoisotopic (exact) mass is 581 g/mol. The average Bonchev–Trinajstić information content (AvgIpc) is 3.48. The second kappa shape index (κ2) is 10.7. The van der Waals surface area contributed by atoms with Crippen molar-refractivity contribution in [2.45, 2.75) is 69.3 Å². The number of anilines is 1. The summed E-state index contributed by atoms with van der Waals surface area (Å²) < 4.78 is 57.1. The van der Waals surface area contributed by atoms with Gasteiger partial charge in [0.05, 0.1) is 9.79 Å². The predicted octanol–water partition coefficient (Wildman–Crippen LogP) is 4.46. The van der Waals surface area contributed by atoms with Crippen LogP contribution in [0.3, 0.4) is 0 Å². The smallest absolute Gasteiger partial charge is 0.244 e. The third kappa shape index (κ3) is 5.09. The molecule has 8 nitrogen and oxygen atoms in total. The van der Waals surface area contributed by atoms with Gasteiger partial charge in [0.1, 0.15) is 6.04 Å². The van der Waals surface area contributed by atoms with Gasteiger partial charge in [-0.3, -0.25) is 4.79 Å². The highest BCUT2D eigenvalue weighted by molar-refractivity contribution is 7.89. The first-order valence-corrected chi connectivity index (χ1v) is 16.4. The van der Waals surface area contributed by atoms with Crippen molar-refractivity contribution in [1.29, 1.82) is 0 Å². The number of hydrogen-bond acceptors (Lipinski definition) is 5. The number of benzene rings is 3. The van der Waals surface area contributed by atoms with E-state index < -0.39 is 32.0 Å². The minimum atomic E-state index is -4.05. The molecule has 1 amide bonds. The van der Waals surface area contributed by atoms with Gasteiger partial charge in [-0.05, 0) is 105 Å². The molecule has 1 fully saturated rings. The van der Waals surface area contributed by atoms with E-state index in [1.807, 2.05) is 44.2 Å². The Morgan fingerprint density at radius 1 is 0.800 bits per heavy atom. The van der Waals surface area contributed by atoms with E-state index in [2.05, 4.69) is 5.32 Å². The van der Waals surface area contributed by atoms with Gasteiger partial charge < -0.3 is 5.32 Å². The number of carbonyl (C=O) groups excluding carboxylic acids is 1. The molecular formula is C30H35N3O5S2. The van der Waals surface area contributed by atoms with Crippen LogP contribution >= 0.6 is 0 Å². The lowest BCUT2D eigenvalue weighted by Crippen LogP contribution is -2.50. The van der Waals surface area contributed by atoms with Gasteiger partial charge in [-0.2, -0.15) is 8.61 Å². The van der Waals surface area contributed by atoms with Gasteiger partial charge in [0.25, 0.3) is 0 Å². The quantitative estimate of drug-likeness (QED) is 0.463. The first kappa shape index (κ1) is 28.5. The zero-order valence-corrected chi connectivity index (χ0v) is 24.9. The Kier molecular flexibility index (Phi) is 7.64. The lowest BCUT2D eigenvalue weighted by Gasteiger charge is -2.36. The van der Waals surface area contributed by atoms with Crippen molar-refractivity contribution < 1.29 is 21.6 Å². The Labute approximate surface area is 237 Å². The third-order valence-corrected chi connectivity index (χ3v) is 12.2. The number of sulfonamides is 2. The van der Waals surface area contributed by atoms with Crippen molar-refractivity contribution in [3.05, 3.63) is 88.0 Å². The summed E-state index contributed by atoms with van der Waals surface area (Å²) in [7, 11) is -7.62. The number of rotatable bonds is 6. The molecule has 3 aromatic rings. The van der Waals surface area contributed by atoms with E-state index >= 15 is 0 Å². The fraction of sp³-hybridized carbons (Fsp3) is 0.367. The Hall–Kier alpha value is -3.05. The molecule has 0 bridgehead atoms. The molecule has 5 rings (SSSR count). The number of nitrogens with zero attached hydrogens (tertiary/aromatic N) is 2. The molecule has 1 atom stereocenters.